The summed E-state index contributed by atoms with van der Waals surface area (Å²) in [4.78, 5) is 22.5. The summed E-state index contributed by atoms with van der Waals surface area (Å²) in [7, 11) is 0. The van der Waals surface area contributed by atoms with E-state index >= 15 is 0 Å². The number of nitrogens with one attached hydrogen (secondary N) is 2. The maximum atomic E-state index is 11.5. The van der Waals surface area contributed by atoms with Crippen LogP contribution >= 0.6 is 0 Å². The van der Waals surface area contributed by atoms with Crippen molar-refractivity contribution in [2.45, 2.75) is 20.0 Å². The molecular formula is C12H16N2O4. The molecule has 1 unspecified atom stereocenters. The number of ether oxygens (including phenoxy) is 2. The molecule has 1 rings (SSSR count). The number of rotatable bonds is 4. The van der Waals surface area contributed by atoms with Gasteiger partial charge < -0.3 is 9.47 Å². The van der Waals surface area contributed by atoms with Gasteiger partial charge in [0, 0.05) is 0 Å². The molecule has 1 atom stereocenters. The molecule has 0 bridgehead atoms. The van der Waals surface area contributed by atoms with Crippen molar-refractivity contribution in [1.82, 2.24) is 10.9 Å². The number of carbonyl (C=O) groups is 2. The van der Waals surface area contributed by atoms with Crippen LogP contribution in [0.15, 0.2) is 30.3 Å². The highest BCUT2D eigenvalue weighted by molar-refractivity contribution is 5.82. The molecule has 1 aromatic rings. The second-order valence-corrected chi connectivity index (χ2v) is 3.41. The SMILES string of the molecule is CCOC(=O)NNC(=O)C(C)Oc1ccccc1. The zero-order valence-electron chi connectivity index (χ0n) is 10.3. The van der Waals surface area contributed by atoms with Crippen LogP contribution in [-0.4, -0.2) is 24.7 Å². The Morgan fingerprint density at radius 1 is 1.22 bits per heavy atom. The van der Waals surface area contributed by atoms with E-state index in [-0.39, 0.29) is 6.61 Å². The van der Waals surface area contributed by atoms with Crippen LogP contribution in [-0.2, 0) is 9.53 Å². The fraction of sp³-hybridized carbons (Fsp3) is 0.333. The van der Waals surface area contributed by atoms with Gasteiger partial charge in [-0.25, -0.2) is 10.2 Å². The standard InChI is InChI=1S/C12H16N2O4/c1-3-17-12(16)14-13-11(15)9(2)18-10-7-5-4-6-8-10/h4-9H,3H2,1-2H3,(H,13,15)(H,14,16). The van der Waals surface area contributed by atoms with Crippen molar-refractivity contribution in [1.29, 1.82) is 0 Å². The fourth-order valence-corrected chi connectivity index (χ4v) is 1.14. The molecule has 0 fully saturated rings. The summed E-state index contributed by atoms with van der Waals surface area (Å²) in [6.07, 6.45) is -1.44. The molecule has 18 heavy (non-hydrogen) atoms. The fourth-order valence-electron chi connectivity index (χ4n) is 1.14. The van der Waals surface area contributed by atoms with Crippen molar-refractivity contribution >= 4 is 12.0 Å². The van der Waals surface area contributed by atoms with E-state index in [1.54, 1.807) is 38.1 Å². The van der Waals surface area contributed by atoms with E-state index in [4.69, 9.17) is 4.74 Å². The Hall–Kier alpha value is -2.24. The van der Waals surface area contributed by atoms with Gasteiger partial charge in [-0.15, -0.1) is 0 Å². The molecule has 2 amide bonds. The Morgan fingerprint density at radius 2 is 1.89 bits per heavy atom. The lowest BCUT2D eigenvalue weighted by Gasteiger charge is -2.14. The number of benzene rings is 1. The van der Waals surface area contributed by atoms with Gasteiger partial charge in [-0.3, -0.25) is 10.2 Å². The number of carbonyl (C=O) groups excluding carboxylic acids is 2. The molecule has 0 saturated carbocycles. The van der Waals surface area contributed by atoms with Crippen molar-refractivity contribution in [2.75, 3.05) is 6.61 Å². The first-order valence-corrected chi connectivity index (χ1v) is 5.57. The zero-order valence-corrected chi connectivity index (χ0v) is 10.3. The van der Waals surface area contributed by atoms with Crippen molar-refractivity contribution in [2.24, 2.45) is 0 Å². The van der Waals surface area contributed by atoms with Gasteiger partial charge in [0.15, 0.2) is 6.10 Å². The molecular weight excluding hydrogens is 236 g/mol. The number of hydrogen-bond donors (Lipinski definition) is 2. The van der Waals surface area contributed by atoms with Crippen LogP contribution in [0.4, 0.5) is 4.79 Å². The third-order valence-electron chi connectivity index (χ3n) is 1.99. The molecule has 0 spiro atoms. The van der Waals surface area contributed by atoms with Gasteiger partial charge in [0.05, 0.1) is 6.61 Å². The Kier molecular flexibility index (Phi) is 5.50. The molecule has 2 N–H and O–H groups in total. The maximum Gasteiger partial charge on any atom is 0.426 e. The number of hydrogen-bond acceptors (Lipinski definition) is 4. The molecule has 0 aliphatic rings. The minimum Gasteiger partial charge on any atom is -0.481 e. The van der Waals surface area contributed by atoms with Gasteiger partial charge in [0.2, 0.25) is 0 Å². The molecule has 0 saturated heterocycles. The van der Waals surface area contributed by atoms with Gasteiger partial charge in [-0.1, -0.05) is 18.2 Å². The molecule has 0 aliphatic heterocycles. The van der Waals surface area contributed by atoms with E-state index in [9.17, 15) is 9.59 Å². The zero-order chi connectivity index (χ0) is 13.4. The Balaban J connectivity index is 2.35. The highest BCUT2D eigenvalue weighted by atomic mass is 16.6. The molecule has 0 radical (unpaired) electrons. The summed E-state index contributed by atoms with van der Waals surface area (Å²) in [6.45, 7) is 3.48. The lowest BCUT2D eigenvalue weighted by atomic mass is 10.3. The van der Waals surface area contributed by atoms with Crippen LogP contribution in [0.2, 0.25) is 0 Å². The minimum atomic E-state index is -0.727. The Morgan fingerprint density at radius 3 is 2.50 bits per heavy atom. The molecule has 0 aromatic heterocycles. The van der Waals surface area contributed by atoms with Crippen LogP contribution in [0.5, 0.6) is 5.75 Å². The highest BCUT2D eigenvalue weighted by Gasteiger charge is 2.15. The molecule has 6 heteroatoms. The third-order valence-corrected chi connectivity index (χ3v) is 1.99. The van der Waals surface area contributed by atoms with Gasteiger partial charge in [-0.2, -0.15) is 0 Å². The predicted molar refractivity (Wildman–Crippen MR) is 64.8 cm³/mol. The van der Waals surface area contributed by atoms with Crippen LogP contribution in [0, 0.1) is 0 Å². The van der Waals surface area contributed by atoms with E-state index in [1.807, 2.05) is 6.07 Å². The maximum absolute atomic E-state index is 11.5. The number of amides is 2. The van der Waals surface area contributed by atoms with Crippen molar-refractivity contribution in [3.8, 4) is 5.75 Å². The summed E-state index contributed by atoms with van der Waals surface area (Å²) < 4.78 is 9.95. The first-order valence-electron chi connectivity index (χ1n) is 5.57. The largest absolute Gasteiger partial charge is 0.481 e. The summed E-state index contributed by atoms with van der Waals surface area (Å²) in [5.74, 6) is 0.114. The first kappa shape index (κ1) is 13.8. The number of para-hydroxylation sites is 1. The van der Waals surface area contributed by atoms with Crippen LogP contribution in [0.1, 0.15) is 13.8 Å². The molecule has 98 valence electrons. The van der Waals surface area contributed by atoms with Gasteiger partial charge >= 0.3 is 6.09 Å². The van der Waals surface area contributed by atoms with Gasteiger partial charge in [0.25, 0.3) is 5.91 Å². The minimum absolute atomic E-state index is 0.234. The van der Waals surface area contributed by atoms with Crippen molar-refractivity contribution in [3.63, 3.8) is 0 Å². The smallest absolute Gasteiger partial charge is 0.426 e. The highest BCUT2D eigenvalue weighted by Crippen LogP contribution is 2.10. The van der Waals surface area contributed by atoms with Crippen molar-refractivity contribution < 1.29 is 19.1 Å². The van der Waals surface area contributed by atoms with E-state index in [0.29, 0.717) is 5.75 Å². The molecule has 1 aromatic carbocycles. The van der Waals surface area contributed by atoms with Crippen LogP contribution in [0.3, 0.4) is 0 Å². The van der Waals surface area contributed by atoms with E-state index in [1.165, 1.54) is 0 Å². The average molecular weight is 252 g/mol. The summed E-state index contributed by atoms with van der Waals surface area (Å²) >= 11 is 0. The Bertz CT molecular complexity index is 394. The molecule has 6 nitrogen and oxygen atoms in total. The number of hydrazine groups is 1. The van der Waals surface area contributed by atoms with E-state index in [0.717, 1.165) is 0 Å². The molecule has 0 aliphatic carbocycles. The molecule has 0 heterocycles. The second kappa shape index (κ2) is 7.16. The quantitative estimate of drug-likeness (QED) is 0.790. The van der Waals surface area contributed by atoms with Crippen LogP contribution < -0.4 is 15.6 Å². The topological polar surface area (TPSA) is 76.7 Å². The first-order chi connectivity index (χ1) is 8.63. The normalized spacial score (nSPS) is 11.2. The second-order valence-electron chi connectivity index (χ2n) is 3.41. The van der Waals surface area contributed by atoms with E-state index < -0.39 is 18.1 Å². The Labute approximate surface area is 105 Å². The average Bonchev–Trinajstić information content (AvgIpc) is 2.37. The summed E-state index contributed by atoms with van der Waals surface area (Å²) in [5, 5.41) is 0. The summed E-state index contributed by atoms with van der Waals surface area (Å²) in [5.41, 5.74) is 4.31. The van der Waals surface area contributed by atoms with E-state index in [2.05, 4.69) is 15.6 Å². The predicted octanol–water partition coefficient (Wildman–Crippen LogP) is 1.23. The lowest BCUT2D eigenvalue weighted by Crippen LogP contribution is -2.47. The van der Waals surface area contributed by atoms with Crippen LogP contribution in [0.25, 0.3) is 0 Å². The monoisotopic (exact) mass is 252 g/mol. The third kappa shape index (κ3) is 4.73. The van der Waals surface area contributed by atoms with Gasteiger partial charge in [0.1, 0.15) is 5.75 Å². The lowest BCUT2D eigenvalue weighted by molar-refractivity contribution is -0.128. The van der Waals surface area contributed by atoms with Gasteiger partial charge in [-0.05, 0) is 26.0 Å². The summed E-state index contributed by atoms with van der Waals surface area (Å²) in [6, 6.07) is 8.93. The van der Waals surface area contributed by atoms with Crippen molar-refractivity contribution in [3.05, 3.63) is 30.3 Å².